The SMILES string of the molecule is CCOCC(C)NC(C)c1cccc(OC(C)C)c1. The summed E-state index contributed by atoms with van der Waals surface area (Å²) in [6.07, 6.45) is 0.204. The predicted octanol–water partition coefficient (Wildman–Crippen LogP) is 3.55. The lowest BCUT2D eigenvalue weighted by atomic mass is 10.1. The van der Waals surface area contributed by atoms with Crippen LogP contribution in [0.5, 0.6) is 5.75 Å². The molecule has 1 rings (SSSR count). The quantitative estimate of drug-likeness (QED) is 0.779. The summed E-state index contributed by atoms with van der Waals surface area (Å²) in [7, 11) is 0. The zero-order valence-electron chi connectivity index (χ0n) is 12.8. The maximum atomic E-state index is 5.72. The third-order valence-electron chi connectivity index (χ3n) is 2.84. The van der Waals surface area contributed by atoms with Crippen LogP contribution in [0.2, 0.25) is 0 Å². The van der Waals surface area contributed by atoms with Crippen molar-refractivity contribution in [1.82, 2.24) is 5.32 Å². The zero-order chi connectivity index (χ0) is 14.3. The van der Waals surface area contributed by atoms with Crippen LogP contribution in [0.25, 0.3) is 0 Å². The third kappa shape index (κ3) is 6.08. The van der Waals surface area contributed by atoms with E-state index >= 15 is 0 Å². The lowest BCUT2D eigenvalue weighted by Gasteiger charge is -2.21. The maximum Gasteiger partial charge on any atom is 0.120 e. The Bertz CT molecular complexity index is 366. The van der Waals surface area contributed by atoms with Crippen LogP contribution >= 0.6 is 0 Å². The summed E-state index contributed by atoms with van der Waals surface area (Å²) in [4.78, 5) is 0. The fourth-order valence-corrected chi connectivity index (χ4v) is 2.00. The fraction of sp³-hybridized carbons (Fsp3) is 0.625. The van der Waals surface area contributed by atoms with Crippen molar-refractivity contribution in [2.45, 2.75) is 52.8 Å². The summed E-state index contributed by atoms with van der Waals surface area (Å²) in [5.41, 5.74) is 1.24. The molecule has 0 bridgehead atoms. The Kier molecular flexibility index (Phi) is 6.89. The molecule has 0 spiro atoms. The van der Waals surface area contributed by atoms with Crippen LogP contribution < -0.4 is 10.1 Å². The normalized spacial score (nSPS) is 14.4. The van der Waals surface area contributed by atoms with Crippen LogP contribution in [-0.2, 0) is 4.74 Å². The molecule has 0 amide bonds. The third-order valence-corrected chi connectivity index (χ3v) is 2.84. The molecule has 1 aromatic rings. The predicted molar refractivity (Wildman–Crippen MR) is 79.7 cm³/mol. The van der Waals surface area contributed by atoms with E-state index in [-0.39, 0.29) is 12.1 Å². The van der Waals surface area contributed by atoms with Crippen molar-refractivity contribution in [3.63, 3.8) is 0 Å². The molecule has 0 fully saturated rings. The molecule has 3 heteroatoms. The van der Waals surface area contributed by atoms with Gasteiger partial charge in [0.15, 0.2) is 0 Å². The topological polar surface area (TPSA) is 30.5 Å². The van der Waals surface area contributed by atoms with Gasteiger partial charge >= 0.3 is 0 Å². The van der Waals surface area contributed by atoms with Crippen LogP contribution in [0.4, 0.5) is 0 Å². The van der Waals surface area contributed by atoms with Gasteiger partial charge in [-0.05, 0) is 52.3 Å². The number of nitrogens with one attached hydrogen (secondary N) is 1. The van der Waals surface area contributed by atoms with Gasteiger partial charge in [0.2, 0.25) is 0 Å². The summed E-state index contributed by atoms with van der Waals surface area (Å²) in [6.45, 7) is 11.9. The van der Waals surface area contributed by atoms with Crippen LogP contribution in [0.15, 0.2) is 24.3 Å². The number of ether oxygens (including phenoxy) is 2. The van der Waals surface area contributed by atoms with Gasteiger partial charge in [-0.15, -0.1) is 0 Å². The first-order valence-electron chi connectivity index (χ1n) is 7.13. The minimum atomic E-state index is 0.204. The highest BCUT2D eigenvalue weighted by atomic mass is 16.5. The van der Waals surface area contributed by atoms with Crippen molar-refractivity contribution in [3.8, 4) is 5.75 Å². The molecule has 1 N–H and O–H groups in total. The zero-order valence-corrected chi connectivity index (χ0v) is 12.8. The standard InChI is InChI=1S/C16H27NO2/c1-6-18-11-13(4)17-14(5)15-8-7-9-16(10-15)19-12(2)3/h7-10,12-14,17H,6,11H2,1-5H3. The van der Waals surface area contributed by atoms with Gasteiger partial charge in [-0.25, -0.2) is 0 Å². The van der Waals surface area contributed by atoms with E-state index < -0.39 is 0 Å². The molecule has 2 unspecified atom stereocenters. The van der Waals surface area contributed by atoms with E-state index in [1.54, 1.807) is 0 Å². The highest BCUT2D eigenvalue weighted by Crippen LogP contribution is 2.20. The summed E-state index contributed by atoms with van der Waals surface area (Å²) in [5.74, 6) is 0.929. The molecule has 0 saturated carbocycles. The van der Waals surface area contributed by atoms with Gasteiger partial charge in [-0.1, -0.05) is 12.1 Å². The monoisotopic (exact) mass is 265 g/mol. The van der Waals surface area contributed by atoms with Crippen molar-refractivity contribution in [2.24, 2.45) is 0 Å². The molecule has 108 valence electrons. The van der Waals surface area contributed by atoms with E-state index in [0.717, 1.165) is 19.0 Å². The summed E-state index contributed by atoms with van der Waals surface area (Å²) >= 11 is 0. The second-order valence-electron chi connectivity index (χ2n) is 5.19. The molecule has 0 aromatic heterocycles. The molecule has 0 saturated heterocycles. The Morgan fingerprint density at radius 2 is 1.89 bits per heavy atom. The maximum absolute atomic E-state index is 5.72. The molecule has 0 aliphatic rings. The van der Waals surface area contributed by atoms with Crippen LogP contribution in [-0.4, -0.2) is 25.4 Å². The lowest BCUT2D eigenvalue weighted by molar-refractivity contribution is 0.124. The Balaban J connectivity index is 2.58. The minimum absolute atomic E-state index is 0.204. The van der Waals surface area contributed by atoms with Gasteiger partial charge in [0.1, 0.15) is 5.75 Å². The van der Waals surface area contributed by atoms with Crippen molar-refractivity contribution in [1.29, 1.82) is 0 Å². The first-order valence-corrected chi connectivity index (χ1v) is 7.13. The number of benzene rings is 1. The summed E-state index contributed by atoms with van der Waals surface area (Å²) in [5, 5.41) is 3.53. The van der Waals surface area contributed by atoms with Crippen LogP contribution in [0.3, 0.4) is 0 Å². The van der Waals surface area contributed by atoms with E-state index in [0.29, 0.717) is 6.04 Å². The highest BCUT2D eigenvalue weighted by molar-refractivity contribution is 5.30. The summed E-state index contributed by atoms with van der Waals surface area (Å²) in [6, 6.07) is 8.89. The fourth-order valence-electron chi connectivity index (χ4n) is 2.00. The molecule has 0 heterocycles. The van der Waals surface area contributed by atoms with Gasteiger partial charge in [-0.3, -0.25) is 0 Å². The van der Waals surface area contributed by atoms with Gasteiger partial charge in [-0.2, -0.15) is 0 Å². The molecule has 0 radical (unpaired) electrons. The average Bonchev–Trinajstić information content (AvgIpc) is 2.35. The molecule has 2 atom stereocenters. The van der Waals surface area contributed by atoms with E-state index in [1.165, 1.54) is 5.56 Å². The number of hydrogen-bond acceptors (Lipinski definition) is 3. The average molecular weight is 265 g/mol. The summed E-state index contributed by atoms with van der Waals surface area (Å²) < 4.78 is 11.1. The molecule has 19 heavy (non-hydrogen) atoms. The van der Waals surface area contributed by atoms with Crippen molar-refractivity contribution in [3.05, 3.63) is 29.8 Å². The van der Waals surface area contributed by atoms with Crippen molar-refractivity contribution >= 4 is 0 Å². The van der Waals surface area contributed by atoms with Crippen LogP contribution in [0.1, 0.15) is 46.2 Å². The second-order valence-corrected chi connectivity index (χ2v) is 5.19. The lowest BCUT2D eigenvalue weighted by Crippen LogP contribution is -2.32. The van der Waals surface area contributed by atoms with Crippen molar-refractivity contribution in [2.75, 3.05) is 13.2 Å². The second kappa shape index (κ2) is 8.18. The van der Waals surface area contributed by atoms with Gasteiger partial charge < -0.3 is 14.8 Å². The van der Waals surface area contributed by atoms with E-state index in [1.807, 2.05) is 32.9 Å². The van der Waals surface area contributed by atoms with Crippen molar-refractivity contribution < 1.29 is 9.47 Å². The molecule has 3 nitrogen and oxygen atoms in total. The van der Waals surface area contributed by atoms with E-state index in [9.17, 15) is 0 Å². The smallest absolute Gasteiger partial charge is 0.120 e. The van der Waals surface area contributed by atoms with Crippen LogP contribution in [0, 0.1) is 0 Å². The first-order chi connectivity index (χ1) is 9.02. The number of rotatable bonds is 8. The molecule has 0 aliphatic carbocycles. The Morgan fingerprint density at radius 3 is 2.53 bits per heavy atom. The number of hydrogen-bond donors (Lipinski definition) is 1. The van der Waals surface area contributed by atoms with E-state index in [2.05, 4.69) is 31.3 Å². The van der Waals surface area contributed by atoms with Gasteiger partial charge in [0, 0.05) is 18.7 Å². The Labute approximate surface area is 117 Å². The van der Waals surface area contributed by atoms with Gasteiger partial charge in [0.25, 0.3) is 0 Å². The molecular weight excluding hydrogens is 238 g/mol. The first kappa shape index (κ1) is 16.0. The Morgan fingerprint density at radius 1 is 1.16 bits per heavy atom. The Hall–Kier alpha value is -1.06. The largest absolute Gasteiger partial charge is 0.491 e. The molecule has 1 aromatic carbocycles. The minimum Gasteiger partial charge on any atom is -0.491 e. The molecule has 0 aliphatic heterocycles. The van der Waals surface area contributed by atoms with Gasteiger partial charge in [0.05, 0.1) is 12.7 Å². The highest BCUT2D eigenvalue weighted by Gasteiger charge is 2.10. The molecular formula is C16H27NO2. The van der Waals surface area contributed by atoms with E-state index in [4.69, 9.17) is 9.47 Å².